The highest BCUT2D eigenvalue weighted by Gasteiger charge is 2.39. The monoisotopic (exact) mass is 277 g/mol. The average Bonchev–Trinajstić information content (AvgIpc) is 3.08. The fourth-order valence-electron chi connectivity index (χ4n) is 3.27. The van der Waals surface area contributed by atoms with Crippen LogP contribution in [0.5, 0.6) is 0 Å². The number of terminal acetylenes is 1. The Bertz CT molecular complexity index is 414. The maximum absolute atomic E-state index is 12.5. The summed E-state index contributed by atoms with van der Waals surface area (Å²) in [7, 11) is 0. The van der Waals surface area contributed by atoms with Crippen LogP contribution in [0.3, 0.4) is 0 Å². The van der Waals surface area contributed by atoms with Gasteiger partial charge in [-0.3, -0.25) is 9.59 Å². The van der Waals surface area contributed by atoms with Gasteiger partial charge in [0.15, 0.2) is 0 Å². The van der Waals surface area contributed by atoms with Crippen LogP contribution in [-0.2, 0) is 9.59 Å². The molecule has 0 spiro atoms. The topological polar surface area (TPSA) is 57.6 Å². The van der Waals surface area contributed by atoms with Crippen LogP contribution in [0.25, 0.3) is 0 Å². The van der Waals surface area contributed by atoms with E-state index in [4.69, 9.17) is 11.5 Å². The maximum atomic E-state index is 12.5. The van der Waals surface area contributed by atoms with Crippen molar-refractivity contribution in [1.82, 2.24) is 4.90 Å². The van der Waals surface area contributed by atoms with Gasteiger partial charge in [0.25, 0.3) is 0 Å². The quantitative estimate of drug-likeness (QED) is 0.726. The van der Waals surface area contributed by atoms with Gasteiger partial charge in [0, 0.05) is 13.0 Å². The van der Waals surface area contributed by atoms with E-state index < -0.39 is 5.97 Å². The molecule has 0 heterocycles. The first kappa shape index (κ1) is 14.9. The molecule has 4 heteroatoms. The molecule has 0 aromatic heterocycles. The first-order chi connectivity index (χ1) is 9.54. The number of hydrogen-bond acceptors (Lipinski definition) is 2. The van der Waals surface area contributed by atoms with Crippen LogP contribution in [-0.4, -0.2) is 35.0 Å². The fraction of sp³-hybridized carbons (Fsp3) is 0.750. The fourth-order valence-corrected chi connectivity index (χ4v) is 3.27. The van der Waals surface area contributed by atoms with Gasteiger partial charge in [-0.1, -0.05) is 18.8 Å². The predicted molar refractivity (Wildman–Crippen MR) is 75.9 cm³/mol. The molecule has 110 valence electrons. The van der Waals surface area contributed by atoms with E-state index in [0.717, 1.165) is 32.2 Å². The molecule has 2 aliphatic rings. The summed E-state index contributed by atoms with van der Waals surface area (Å²) >= 11 is 0. The standard InChI is InChI=1S/C16H23NO3/c1-2-9-17(12-13-5-6-13)14(18)10-16(11-15(19)20)7-3-4-8-16/h1,13H,3-12H2,(H,19,20). The van der Waals surface area contributed by atoms with E-state index in [2.05, 4.69) is 5.92 Å². The Labute approximate surface area is 120 Å². The Morgan fingerprint density at radius 3 is 2.40 bits per heavy atom. The van der Waals surface area contributed by atoms with Crippen molar-refractivity contribution in [3.63, 3.8) is 0 Å². The molecule has 2 aliphatic carbocycles. The van der Waals surface area contributed by atoms with E-state index in [-0.39, 0.29) is 17.7 Å². The summed E-state index contributed by atoms with van der Waals surface area (Å²) in [5, 5.41) is 9.09. The number of nitrogens with zero attached hydrogens (tertiary/aromatic N) is 1. The third-order valence-corrected chi connectivity index (χ3v) is 4.53. The third kappa shape index (κ3) is 4.00. The summed E-state index contributed by atoms with van der Waals surface area (Å²) in [4.78, 5) is 25.3. The summed E-state index contributed by atoms with van der Waals surface area (Å²) in [6.45, 7) is 1.09. The summed E-state index contributed by atoms with van der Waals surface area (Å²) in [5.74, 6) is 2.39. The highest BCUT2D eigenvalue weighted by Crippen LogP contribution is 2.44. The lowest BCUT2D eigenvalue weighted by atomic mass is 9.79. The molecule has 0 unspecified atom stereocenters. The highest BCUT2D eigenvalue weighted by atomic mass is 16.4. The van der Waals surface area contributed by atoms with E-state index in [1.54, 1.807) is 4.90 Å². The van der Waals surface area contributed by atoms with Crippen LogP contribution in [0, 0.1) is 23.7 Å². The normalized spacial score (nSPS) is 20.4. The minimum Gasteiger partial charge on any atom is -0.481 e. The number of rotatable bonds is 7. The lowest BCUT2D eigenvalue weighted by molar-refractivity contribution is -0.141. The second-order valence-electron chi connectivity index (χ2n) is 6.38. The zero-order valence-corrected chi connectivity index (χ0v) is 11.9. The highest BCUT2D eigenvalue weighted by molar-refractivity contribution is 5.78. The van der Waals surface area contributed by atoms with Gasteiger partial charge >= 0.3 is 5.97 Å². The molecule has 0 atom stereocenters. The van der Waals surface area contributed by atoms with Crippen molar-refractivity contribution in [2.45, 2.75) is 51.4 Å². The van der Waals surface area contributed by atoms with Crippen LogP contribution >= 0.6 is 0 Å². The van der Waals surface area contributed by atoms with E-state index in [9.17, 15) is 9.59 Å². The average molecular weight is 277 g/mol. The molecule has 2 saturated carbocycles. The number of amides is 1. The Kier molecular flexibility index (Phi) is 4.69. The number of carbonyl (C=O) groups excluding carboxylic acids is 1. The largest absolute Gasteiger partial charge is 0.481 e. The van der Waals surface area contributed by atoms with Gasteiger partial charge in [-0.2, -0.15) is 0 Å². The molecule has 0 aliphatic heterocycles. The van der Waals surface area contributed by atoms with Crippen LogP contribution in [0.1, 0.15) is 51.4 Å². The number of carboxylic acids is 1. The molecule has 20 heavy (non-hydrogen) atoms. The van der Waals surface area contributed by atoms with E-state index in [0.29, 0.717) is 18.9 Å². The molecule has 2 fully saturated rings. The molecule has 4 nitrogen and oxygen atoms in total. The molecule has 0 saturated heterocycles. The van der Waals surface area contributed by atoms with Gasteiger partial charge in [0.1, 0.15) is 0 Å². The van der Waals surface area contributed by atoms with Crippen molar-refractivity contribution < 1.29 is 14.7 Å². The Balaban J connectivity index is 1.98. The van der Waals surface area contributed by atoms with Crippen molar-refractivity contribution >= 4 is 11.9 Å². The molecule has 0 bridgehead atoms. The molecular formula is C16H23NO3. The number of aliphatic carboxylic acids is 1. The maximum Gasteiger partial charge on any atom is 0.303 e. The van der Waals surface area contributed by atoms with Crippen molar-refractivity contribution in [3.8, 4) is 12.3 Å². The summed E-state index contributed by atoms with van der Waals surface area (Å²) in [5.41, 5.74) is -0.334. The zero-order valence-electron chi connectivity index (χ0n) is 11.9. The van der Waals surface area contributed by atoms with E-state index in [1.165, 1.54) is 12.8 Å². The Morgan fingerprint density at radius 1 is 1.25 bits per heavy atom. The summed E-state index contributed by atoms with van der Waals surface area (Å²) < 4.78 is 0. The minimum absolute atomic E-state index is 0.0398. The van der Waals surface area contributed by atoms with Crippen LogP contribution in [0.4, 0.5) is 0 Å². The van der Waals surface area contributed by atoms with Gasteiger partial charge in [0.05, 0.1) is 13.0 Å². The SMILES string of the molecule is C#CCN(CC1CC1)C(=O)CC1(CC(=O)O)CCCC1. The van der Waals surface area contributed by atoms with Crippen LogP contribution in [0.15, 0.2) is 0 Å². The van der Waals surface area contributed by atoms with Crippen LogP contribution in [0.2, 0.25) is 0 Å². The first-order valence-electron chi connectivity index (χ1n) is 7.48. The molecule has 0 aromatic rings. The van der Waals surface area contributed by atoms with E-state index in [1.807, 2.05) is 0 Å². The van der Waals surface area contributed by atoms with Gasteiger partial charge in [-0.15, -0.1) is 6.42 Å². The van der Waals surface area contributed by atoms with Gasteiger partial charge < -0.3 is 10.0 Å². The molecular weight excluding hydrogens is 254 g/mol. The third-order valence-electron chi connectivity index (χ3n) is 4.53. The zero-order chi connectivity index (χ0) is 14.6. The Morgan fingerprint density at radius 2 is 1.90 bits per heavy atom. The first-order valence-corrected chi connectivity index (χ1v) is 7.48. The smallest absolute Gasteiger partial charge is 0.303 e. The predicted octanol–water partition coefficient (Wildman–Crippen LogP) is 2.28. The number of carbonyl (C=O) groups is 2. The number of hydrogen-bond donors (Lipinski definition) is 1. The van der Waals surface area contributed by atoms with Crippen molar-refractivity contribution in [1.29, 1.82) is 0 Å². The summed E-state index contributed by atoms with van der Waals surface area (Å²) in [6.07, 6.45) is 11.9. The summed E-state index contributed by atoms with van der Waals surface area (Å²) in [6, 6.07) is 0. The molecule has 2 rings (SSSR count). The second-order valence-corrected chi connectivity index (χ2v) is 6.38. The second kappa shape index (κ2) is 6.30. The molecule has 0 radical (unpaired) electrons. The number of carboxylic acid groups (broad SMARTS) is 1. The van der Waals surface area contributed by atoms with Gasteiger partial charge in [0.2, 0.25) is 5.91 Å². The molecule has 1 N–H and O–H groups in total. The van der Waals surface area contributed by atoms with Crippen LogP contribution < -0.4 is 0 Å². The lowest BCUT2D eigenvalue weighted by Crippen LogP contribution is -2.37. The van der Waals surface area contributed by atoms with E-state index >= 15 is 0 Å². The lowest BCUT2D eigenvalue weighted by Gasteiger charge is -2.30. The molecule has 0 aromatic carbocycles. The van der Waals surface area contributed by atoms with Crippen molar-refractivity contribution in [2.75, 3.05) is 13.1 Å². The van der Waals surface area contributed by atoms with Gasteiger partial charge in [-0.25, -0.2) is 0 Å². The molecule has 1 amide bonds. The van der Waals surface area contributed by atoms with Crippen molar-refractivity contribution in [2.24, 2.45) is 11.3 Å². The van der Waals surface area contributed by atoms with Gasteiger partial charge in [-0.05, 0) is 37.0 Å². The minimum atomic E-state index is -0.801. The Hall–Kier alpha value is -1.50. The van der Waals surface area contributed by atoms with Crippen molar-refractivity contribution in [3.05, 3.63) is 0 Å².